The third kappa shape index (κ3) is 15.4. The van der Waals surface area contributed by atoms with Crippen molar-refractivity contribution in [3.63, 3.8) is 0 Å². The molecule has 0 aliphatic carbocycles. The van der Waals surface area contributed by atoms with Gasteiger partial charge in [-0.25, -0.2) is 4.79 Å². The first kappa shape index (κ1) is 30.4. The van der Waals surface area contributed by atoms with Crippen molar-refractivity contribution in [1.82, 2.24) is 0 Å². The van der Waals surface area contributed by atoms with Crippen molar-refractivity contribution in [2.75, 3.05) is 19.4 Å². The molecule has 128 valence electrons. The highest BCUT2D eigenvalue weighted by molar-refractivity contribution is 15.0. The molecule has 22 heavy (non-hydrogen) atoms. The molecule has 0 aromatic rings. The van der Waals surface area contributed by atoms with Crippen LogP contribution in [0.1, 0.15) is 13.8 Å². The van der Waals surface area contributed by atoms with Crippen molar-refractivity contribution in [3.8, 4) is 0 Å². The lowest BCUT2D eigenvalue weighted by atomic mass is 10.2. The number of alkyl halides is 1. The Balaban J connectivity index is -0.000000127. The van der Waals surface area contributed by atoms with Gasteiger partial charge in [0.1, 0.15) is 5.71 Å². The molecule has 0 spiro atoms. The van der Waals surface area contributed by atoms with Gasteiger partial charge in [-0.1, -0.05) is 15.9 Å². The molecule has 0 heterocycles. The number of Topliss-reactive ketones (excluding diaryl/α,β-unsaturated/α-hetero) is 3. The van der Waals surface area contributed by atoms with E-state index < -0.39 is 17.5 Å². The van der Waals surface area contributed by atoms with Crippen molar-refractivity contribution in [1.29, 1.82) is 0 Å². The number of hydrogen-bond donors (Lipinski definition) is 1. The van der Waals surface area contributed by atoms with E-state index in [1.807, 2.05) is 0 Å². The second kappa shape index (κ2) is 19.5. The molecule has 11 heteroatoms. The summed E-state index contributed by atoms with van der Waals surface area (Å²) in [6, 6.07) is 0. The number of nitrogens with zero attached hydrogens (tertiary/aromatic N) is 2. The molecule has 0 aliphatic rings. The second-order valence-electron chi connectivity index (χ2n) is 3.12. The Bertz CT molecular complexity index is 437. The zero-order valence-corrected chi connectivity index (χ0v) is 20.5. The van der Waals surface area contributed by atoms with E-state index in [9.17, 15) is 19.2 Å². The van der Waals surface area contributed by atoms with E-state index in [-0.39, 0.29) is 46.6 Å². The fraction of sp³-hybridized carbons (Fsp3) is 0.455. The Labute approximate surface area is 177 Å². The Morgan fingerprint density at radius 3 is 1.32 bits per heavy atom. The molecule has 7 nitrogen and oxygen atoms in total. The second-order valence-corrected chi connectivity index (χ2v) is 3.68. The highest BCUT2D eigenvalue weighted by atomic mass is 128. The van der Waals surface area contributed by atoms with Gasteiger partial charge in [0.2, 0.25) is 0 Å². The van der Waals surface area contributed by atoms with Crippen molar-refractivity contribution in [3.05, 3.63) is 0 Å². The van der Waals surface area contributed by atoms with Crippen molar-refractivity contribution in [2.24, 2.45) is 9.98 Å². The summed E-state index contributed by atoms with van der Waals surface area (Å²) < 4.78 is 0. The predicted molar refractivity (Wildman–Crippen MR) is 118 cm³/mol. The number of aliphatic carboxylic acids is 1. The van der Waals surface area contributed by atoms with Crippen molar-refractivity contribution < 1.29 is 24.3 Å². The highest BCUT2D eigenvalue weighted by Crippen LogP contribution is 1.89. The smallest absolute Gasteiger partial charge is 0.357 e. The summed E-state index contributed by atoms with van der Waals surface area (Å²) in [6.07, 6.45) is 0. The quantitative estimate of drug-likeness (QED) is 0.204. The molecule has 0 aliphatic heterocycles. The lowest BCUT2D eigenvalue weighted by molar-refractivity contribution is -0.130. The molecule has 0 radical (unpaired) electrons. The number of halogens is 4. The van der Waals surface area contributed by atoms with Crippen molar-refractivity contribution in [2.45, 2.75) is 13.8 Å². The van der Waals surface area contributed by atoms with Gasteiger partial charge in [0.15, 0.2) is 23.1 Å². The molecule has 0 fully saturated rings. The summed E-state index contributed by atoms with van der Waals surface area (Å²) >= 11 is 7.07. The van der Waals surface area contributed by atoms with E-state index in [2.05, 4.69) is 63.1 Å². The van der Waals surface area contributed by atoms with Crippen LogP contribution in [0.3, 0.4) is 0 Å². The molecule has 0 rings (SSSR count). The fourth-order valence-corrected chi connectivity index (χ4v) is 1.23. The molecule has 0 aromatic heterocycles. The fourth-order valence-electron chi connectivity index (χ4n) is 0.966. The van der Waals surface area contributed by atoms with Gasteiger partial charge >= 0.3 is 5.97 Å². The molecule has 1 N–H and O–H groups in total. The average molecular weight is 717 g/mol. The molecule has 0 bridgehead atoms. The van der Waals surface area contributed by atoms with E-state index >= 15 is 0 Å². The monoisotopic (exact) mass is 716 g/mol. The van der Waals surface area contributed by atoms with Gasteiger partial charge in [0, 0.05) is 65.2 Å². The van der Waals surface area contributed by atoms with E-state index in [1.54, 1.807) is 0 Å². The summed E-state index contributed by atoms with van der Waals surface area (Å²) in [6.45, 7) is 2.65. The first-order valence-electron chi connectivity index (χ1n) is 5.15. The first-order chi connectivity index (χ1) is 9.72. The summed E-state index contributed by atoms with van der Waals surface area (Å²) in [5.41, 5.74) is -0.383. The summed E-state index contributed by atoms with van der Waals surface area (Å²) in [7, 11) is 2.70. The molecule has 0 aromatic carbocycles. The third-order valence-corrected chi connectivity index (χ3v) is 2.21. The number of aliphatic imine (C=N–C) groups is 2. The number of rotatable bonds is 5. The topological polar surface area (TPSA) is 113 Å². The maximum absolute atomic E-state index is 10.6. The molecule has 0 saturated carbocycles. The van der Waals surface area contributed by atoms with Crippen LogP contribution in [0, 0.1) is 0 Å². The number of hydrogen-bond acceptors (Lipinski definition) is 6. The van der Waals surface area contributed by atoms with E-state index in [0.29, 0.717) is 0 Å². The Kier molecular flexibility index (Phi) is 27.0. The van der Waals surface area contributed by atoms with E-state index in [1.165, 1.54) is 27.9 Å². The van der Waals surface area contributed by atoms with Crippen LogP contribution >= 0.6 is 77.1 Å². The molecule has 0 atom stereocenters. The molecule has 0 amide bonds. The minimum Gasteiger partial charge on any atom is -0.476 e. The van der Waals surface area contributed by atoms with Gasteiger partial charge in [0.05, 0.1) is 5.33 Å². The number of carboxylic acids is 1. The highest BCUT2D eigenvalue weighted by Gasteiger charge is 2.16. The number of carboxylic acid groups (broad SMARTS) is 1. The molecular weight excluding hydrogens is 701 g/mol. The summed E-state index contributed by atoms with van der Waals surface area (Å²) in [5, 5.41) is 8.29. The Morgan fingerprint density at radius 2 is 1.27 bits per heavy atom. The van der Waals surface area contributed by atoms with Crippen LogP contribution in [-0.2, 0) is 19.2 Å². The largest absolute Gasteiger partial charge is 0.476 e. The standard InChI is InChI=1S/C6H9NO2.C5H6BrNO3.I2.HI/c1-4(8)6(7-3)5(2)9;1-7-4(5(9)10)3(8)2-6;1-2;/h1-3H3;2H2,1H3,(H,9,10);;1H. The van der Waals surface area contributed by atoms with Gasteiger partial charge < -0.3 is 5.11 Å². The first-order valence-corrected chi connectivity index (χ1v) is 12.6. The lowest BCUT2D eigenvalue weighted by Crippen LogP contribution is -2.24. The van der Waals surface area contributed by atoms with Crippen LogP contribution < -0.4 is 0 Å². The van der Waals surface area contributed by atoms with Gasteiger partial charge in [-0.2, -0.15) is 0 Å². The van der Waals surface area contributed by atoms with Crippen LogP contribution in [0.15, 0.2) is 9.98 Å². The molecular formula is C11H16BrI3N2O5. The van der Waals surface area contributed by atoms with Gasteiger partial charge in [0.25, 0.3) is 0 Å². The van der Waals surface area contributed by atoms with Crippen LogP contribution in [-0.4, -0.2) is 59.3 Å². The minimum atomic E-state index is -1.29. The van der Waals surface area contributed by atoms with Gasteiger partial charge in [-0.15, -0.1) is 24.0 Å². The van der Waals surface area contributed by atoms with Crippen molar-refractivity contribution >= 4 is 112 Å². The van der Waals surface area contributed by atoms with Gasteiger partial charge in [-0.3, -0.25) is 24.4 Å². The lowest BCUT2D eigenvalue weighted by Gasteiger charge is -1.92. The minimum absolute atomic E-state index is 0. The van der Waals surface area contributed by atoms with Crippen LogP contribution in [0.4, 0.5) is 0 Å². The zero-order chi connectivity index (χ0) is 17.6. The van der Waals surface area contributed by atoms with Gasteiger partial charge in [-0.05, 0) is 0 Å². The van der Waals surface area contributed by atoms with Crippen LogP contribution in [0.5, 0.6) is 0 Å². The number of carbonyl (C=O) groups excluding carboxylic acids is 3. The molecule has 0 saturated heterocycles. The maximum Gasteiger partial charge on any atom is 0.357 e. The molecule has 0 unspecified atom stereocenters. The number of ketones is 3. The van der Waals surface area contributed by atoms with E-state index in [0.717, 1.165) is 0 Å². The van der Waals surface area contributed by atoms with Crippen LogP contribution in [0.2, 0.25) is 0 Å². The van der Waals surface area contributed by atoms with Crippen LogP contribution in [0.25, 0.3) is 0 Å². The summed E-state index contributed by atoms with van der Waals surface area (Å²) in [4.78, 5) is 48.5. The predicted octanol–water partition coefficient (Wildman–Crippen LogP) is 2.73. The Hall–Kier alpha value is 0.490. The summed E-state index contributed by atoms with van der Waals surface area (Å²) in [5.74, 6) is -2.35. The SMILES string of the molecule is CN=C(C(=O)O)C(=O)CBr.CN=C(C(C)=O)C(C)=O.I.II. The third-order valence-electron chi connectivity index (χ3n) is 1.70. The average Bonchev–Trinajstić information content (AvgIpc) is 2.41. The zero-order valence-electron chi connectivity index (χ0n) is 12.2. The normalized spacial score (nSPS) is 8.77. The number of carbonyl (C=O) groups is 4. The Morgan fingerprint density at radius 1 is 0.955 bits per heavy atom. The maximum atomic E-state index is 10.6. The van der Waals surface area contributed by atoms with E-state index in [4.69, 9.17) is 5.11 Å².